The number of sulfonamides is 1. The molecular formula is C26H24N4O4S. The molecule has 1 fully saturated rings. The number of piperidine rings is 1. The Hall–Kier alpha value is -3.82. The molecule has 3 heterocycles. The van der Waals surface area contributed by atoms with Crippen molar-refractivity contribution in [1.29, 1.82) is 0 Å². The monoisotopic (exact) mass is 488 g/mol. The predicted molar refractivity (Wildman–Crippen MR) is 132 cm³/mol. The molecule has 1 saturated heterocycles. The fourth-order valence-corrected chi connectivity index (χ4v) is 5.55. The zero-order chi connectivity index (χ0) is 24.5. The van der Waals surface area contributed by atoms with E-state index in [-0.39, 0.29) is 16.6 Å². The molecule has 1 amide bonds. The molecule has 1 aliphatic rings. The van der Waals surface area contributed by atoms with Gasteiger partial charge in [-0.25, -0.2) is 13.4 Å². The number of anilines is 1. The minimum absolute atomic E-state index is 0.0526. The predicted octanol–water partition coefficient (Wildman–Crippen LogP) is 3.55. The number of hydrogen-bond acceptors (Lipinski definition) is 6. The Bertz CT molecular complexity index is 1460. The van der Waals surface area contributed by atoms with E-state index in [9.17, 15) is 18.3 Å². The Morgan fingerprint density at radius 2 is 1.66 bits per heavy atom. The van der Waals surface area contributed by atoms with E-state index in [1.165, 1.54) is 18.3 Å². The second-order valence-corrected chi connectivity index (χ2v) is 10.2. The molecule has 178 valence electrons. The molecule has 2 N–H and O–H groups in total. The van der Waals surface area contributed by atoms with Crippen LogP contribution >= 0.6 is 0 Å². The first kappa shape index (κ1) is 22.9. The van der Waals surface area contributed by atoms with Crippen molar-refractivity contribution in [1.82, 2.24) is 14.9 Å². The molecule has 0 aliphatic carbocycles. The number of benzene rings is 2. The van der Waals surface area contributed by atoms with Crippen molar-refractivity contribution >= 4 is 32.7 Å². The lowest BCUT2D eigenvalue weighted by Crippen LogP contribution is -2.45. The van der Waals surface area contributed by atoms with Crippen LogP contribution in [0, 0.1) is 0 Å². The molecule has 1 aliphatic heterocycles. The molecule has 0 bridgehead atoms. The van der Waals surface area contributed by atoms with Crippen LogP contribution in [0.3, 0.4) is 0 Å². The van der Waals surface area contributed by atoms with Crippen LogP contribution in [0.4, 0.5) is 5.82 Å². The van der Waals surface area contributed by atoms with E-state index in [4.69, 9.17) is 0 Å². The molecule has 4 aromatic rings. The summed E-state index contributed by atoms with van der Waals surface area (Å²) in [7, 11) is -3.93. The second-order valence-electron chi connectivity index (χ2n) is 8.56. The van der Waals surface area contributed by atoms with Gasteiger partial charge in [0.05, 0.1) is 16.7 Å². The number of amides is 1. The van der Waals surface area contributed by atoms with Crippen LogP contribution in [-0.2, 0) is 15.6 Å². The van der Waals surface area contributed by atoms with Crippen molar-refractivity contribution in [3.8, 4) is 0 Å². The Kier molecular flexibility index (Phi) is 5.96. The van der Waals surface area contributed by atoms with Crippen molar-refractivity contribution < 1.29 is 18.3 Å². The molecule has 35 heavy (non-hydrogen) atoms. The third-order valence-electron chi connectivity index (χ3n) is 6.32. The molecule has 0 unspecified atom stereocenters. The van der Waals surface area contributed by atoms with Gasteiger partial charge < -0.3 is 10.0 Å². The van der Waals surface area contributed by atoms with Crippen molar-refractivity contribution in [3.63, 3.8) is 0 Å². The van der Waals surface area contributed by atoms with Crippen molar-refractivity contribution in [2.24, 2.45) is 0 Å². The lowest BCUT2D eigenvalue weighted by molar-refractivity contribution is -0.0211. The van der Waals surface area contributed by atoms with Crippen LogP contribution in [0.15, 0.2) is 90.1 Å². The number of hydrogen-bond donors (Lipinski definition) is 2. The molecule has 2 aromatic carbocycles. The quantitative estimate of drug-likeness (QED) is 0.444. The highest BCUT2D eigenvalue weighted by Crippen LogP contribution is 2.33. The Morgan fingerprint density at radius 1 is 0.914 bits per heavy atom. The third-order valence-corrected chi connectivity index (χ3v) is 7.71. The fraction of sp³-hybridized carbons (Fsp3) is 0.192. The number of fused-ring (bicyclic) bond motifs is 1. The number of aliphatic hydroxyl groups is 1. The standard InChI is InChI=1S/C26H24N4O4S/c31-25(30-16-13-26(32,14-17-30)21-8-2-1-3-9-21)20-11-12-23(28-18-20)29-35(33,34)22-10-4-6-19-7-5-15-27-24(19)22/h1-12,15,18,32H,13-14,16-17H2,(H,28,29). The van der Waals surface area contributed by atoms with Gasteiger partial charge >= 0.3 is 0 Å². The van der Waals surface area contributed by atoms with Gasteiger partial charge in [0.1, 0.15) is 10.7 Å². The highest BCUT2D eigenvalue weighted by atomic mass is 32.2. The van der Waals surface area contributed by atoms with Crippen LogP contribution in [0.5, 0.6) is 0 Å². The van der Waals surface area contributed by atoms with E-state index < -0.39 is 15.6 Å². The summed E-state index contributed by atoms with van der Waals surface area (Å²) in [6.07, 6.45) is 3.78. The van der Waals surface area contributed by atoms with E-state index in [0.717, 1.165) is 5.56 Å². The van der Waals surface area contributed by atoms with E-state index in [1.54, 1.807) is 41.4 Å². The number of nitrogens with one attached hydrogen (secondary N) is 1. The average molecular weight is 489 g/mol. The van der Waals surface area contributed by atoms with Gasteiger partial charge in [-0.05, 0) is 42.7 Å². The summed E-state index contributed by atoms with van der Waals surface area (Å²) in [6, 6.07) is 21.0. The Labute approximate surface area is 203 Å². The summed E-state index contributed by atoms with van der Waals surface area (Å²) in [4.78, 5) is 23.1. The average Bonchev–Trinajstić information content (AvgIpc) is 2.89. The van der Waals surface area contributed by atoms with Crippen LogP contribution in [0.1, 0.15) is 28.8 Å². The van der Waals surface area contributed by atoms with Crippen molar-refractivity contribution in [3.05, 3.63) is 96.3 Å². The van der Waals surface area contributed by atoms with Gasteiger partial charge in [-0.3, -0.25) is 14.5 Å². The molecule has 5 rings (SSSR count). The number of carbonyl (C=O) groups excluding carboxylic acids is 1. The highest BCUT2D eigenvalue weighted by molar-refractivity contribution is 7.93. The maximum absolute atomic E-state index is 13.0. The van der Waals surface area contributed by atoms with Crippen LogP contribution in [-0.4, -0.2) is 47.4 Å². The SMILES string of the molecule is O=C(c1ccc(NS(=O)(=O)c2cccc3cccnc23)nc1)N1CCC(O)(c2ccccc2)CC1. The molecule has 8 nitrogen and oxygen atoms in total. The Morgan fingerprint density at radius 3 is 2.37 bits per heavy atom. The molecule has 2 aromatic heterocycles. The first-order valence-electron chi connectivity index (χ1n) is 11.3. The first-order chi connectivity index (χ1) is 16.9. The molecular weight excluding hydrogens is 464 g/mol. The normalized spacial score (nSPS) is 15.6. The van der Waals surface area contributed by atoms with Crippen LogP contribution in [0.2, 0.25) is 0 Å². The number of pyridine rings is 2. The van der Waals surface area contributed by atoms with Gasteiger partial charge in [-0.15, -0.1) is 0 Å². The summed E-state index contributed by atoms with van der Waals surface area (Å²) in [5, 5.41) is 11.7. The Balaban J connectivity index is 1.27. The lowest BCUT2D eigenvalue weighted by atomic mass is 9.84. The maximum atomic E-state index is 13.0. The molecule has 0 spiro atoms. The summed E-state index contributed by atoms with van der Waals surface area (Å²) in [5.41, 5.74) is 0.626. The van der Waals surface area contributed by atoms with Crippen molar-refractivity contribution in [2.75, 3.05) is 17.8 Å². The zero-order valence-electron chi connectivity index (χ0n) is 18.8. The molecule has 0 radical (unpaired) electrons. The van der Waals surface area contributed by atoms with E-state index in [1.807, 2.05) is 30.3 Å². The third kappa shape index (κ3) is 4.60. The summed E-state index contributed by atoms with van der Waals surface area (Å²) >= 11 is 0. The van der Waals surface area contributed by atoms with Gasteiger partial charge in [0, 0.05) is 30.9 Å². The minimum atomic E-state index is -3.93. The topological polar surface area (TPSA) is 112 Å². The summed E-state index contributed by atoms with van der Waals surface area (Å²) in [6.45, 7) is 0.819. The van der Waals surface area contributed by atoms with Gasteiger partial charge in [-0.1, -0.05) is 48.5 Å². The zero-order valence-corrected chi connectivity index (χ0v) is 19.6. The van der Waals surface area contributed by atoms with Gasteiger partial charge in [0.25, 0.3) is 15.9 Å². The van der Waals surface area contributed by atoms with Crippen molar-refractivity contribution in [2.45, 2.75) is 23.3 Å². The number of likely N-dealkylation sites (tertiary alicyclic amines) is 1. The van der Waals surface area contributed by atoms with Gasteiger partial charge in [0.2, 0.25) is 0 Å². The largest absolute Gasteiger partial charge is 0.385 e. The number of nitrogens with zero attached hydrogens (tertiary/aromatic N) is 3. The number of rotatable bonds is 5. The van der Waals surface area contributed by atoms with Crippen LogP contribution in [0.25, 0.3) is 10.9 Å². The number of aromatic nitrogens is 2. The number of carbonyl (C=O) groups is 1. The smallest absolute Gasteiger partial charge is 0.265 e. The first-order valence-corrected chi connectivity index (χ1v) is 12.7. The van der Waals surface area contributed by atoms with Crippen LogP contribution < -0.4 is 4.72 Å². The van der Waals surface area contributed by atoms with Gasteiger partial charge in [0.15, 0.2) is 0 Å². The maximum Gasteiger partial charge on any atom is 0.265 e. The molecule has 0 saturated carbocycles. The molecule has 0 atom stereocenters. The highest BCUT2D eigenvalue weighted by Gasteiger charge is 2.35. The molecule has 9 heteroatoms. The summed E-state index contributed by atoms with van der Waals surface area (Å²) in [5.74, 6) is -0.105. The lowest BCUT2D eigenvalue weighted by Gasteiger charge is -2.38. The van der Waals surface area contributed by atoms with E-state index in [2.05, 4.69) is 14.7 Å². The number of para-hydroxylation sites is 1. The fourth-order valence-electron chi connectivity index (χ4n) is 4.37. The van der Waals surface area contributed by atoms with E-state index >= 15 is 0 Å². The minimum Gasteiger partial charge on any atom is -0.385 e. The second kappa shape index (κ2) is 9.09. The van der Waals surface area contributed by atoms with Gasteiger partial charge in [-0.2, -0.15) is 0 Å². The summed E-state index contributed by atoms with van der Waals surface area (Å²) < 4.78 is 28.4. The van der Waals surface area contributed by atoms with E-state index in [0.29, 0.717) is 42.4 Å².